The van der Waals surface area contributed by atoms with Gasteiger partial charge in [-0.1, -0.05) is 35.5 Å². The second-order valence-corrected chi connectivity index (χ2v) is 7.47. The van der Waals surface area contributed by atoms with E-state index >= 15 is 0 Å². The number of anilines is 1. The molecule has 1 aliphatic carbocycles. The molecule has 1 aliphatic rings. The lowest BCUT2D eigenvalue weighted by molar-refractivity contribution is -0.115. The molecule has 7 heteroatoms. The summed E-state index contributed by atoms with van der Waals surface area (Å²) >= 11 is 7.29. The second kappa shape index (κ2) is 7.40. The molecule has 0 spiro atoms. The second-order valence-electron chi connectivity index (χ2n) is 5.73. The summed E-state index contributed by atoms with van der Waals surface area (Å²) < 4.78 is 0. The number of para-hydroxylation sites is 1. The summed E-state index contributed by atoms with van der Waals surface area (Å²) in [6.45, 7) is 1.77. The predicted molar refractivity (Wildman–Crippen MR) is 96.9 cm³/mol. The van der Waals surface area contributed by atoms with E-state index in [0.717, 1.165) is 36.9 Å². The Labute approximate surface area is 149 Å². The molecule has 126 valence electrons. The van der Waals surface area contributed by atoms with Crippen molar-refractivity contribution >= 4 is 35.0 Å². The van der Waals surface area contributed by atoms with Crippen LogP contribution in [-0.4, -0.2) is 21.1 Å². The lowest BCUT2D eigenvalue weighted by Crippen LogP contribution is -2.25. The Balaban J connectivity index is 1.71. The number of fused-ring (bicyclic) bond motifs is 1. The van der Waals surface area contributed by atoms with E-state index in [1.54, 1.807) is 25.1 Å². The molecule has 2 N–H and O–H groups in total. The Morgan fingerprint density at radius 3 is 2.88 bits per heavy atom. The van der Waals surface area contributed by atoms with Gasteiger partial charge in [0.25, 0.3) is 5.56 Å². The van der Waals surface area contributed by atoms with Gasteiger partial charge in [0, 0.05) is 5.56 Å². The monoisotopic (exact) mass is 363 g/mol. The van der Waals surface area contributed by atoms with Crippen molar-refractivity contribution in [1.29, 1.82) is 0 Å². The molecule has 1 aromatic carbocycles. The van der Waals surface area contributed by atoms with Crippen molar-refractivity contribution in [3.63, 3.8) is 0 Å². The number of aryl methyl sites for hydroxylation is 1. The van der Waals surface area contributed by atoms with E-state index < -0.39 is 5.25 Å². The van der Waals surface area contributed by atoms with Gasteiger partial charge < -0.3 is 10.3 Å². The van der Waals surface area contributed by atoms with Gasteiger partial charge >= 0.3 is 0 Å². The lowest BCUT2D eigenvalue weighted by atomic mass is 9.97. The summed E-state index contributed by atoms with van der Waals surface area (Å²) in [5.74, 6) is -0.187. The van der Waals surface area contributed by atoms with E-state index in [-0.39, 0.29) is 11.5 Å². The summed E-state index contributed by atoms with van der Waals surface area (Å²) in [6, 6.07) is 7.08. The summed E-state index contributed by atoms with van der Waals surface area (Å²) in [4.78, 5) is 31.8. The maximum absolute atomic E-state index is 12.3. The Hall–Kier alpha value is -1.79. The summed E-state index contributed by atoms with van der Waals surface area (Å²) in [5, 5.41) is 3.36. The molecule has 1 aromatic heterocycles. The highest BCUT2D eigenvalue weighted by Crippen LogP contribution is 2.25. The van der Waals surface area contributed by atoms with Gasteiger partial charge in [0.15, 0.2) is 5.16 Å². The number of rotatable bonds is 4. The molecule has 0 saturated heterocycles. The van der Waals surface area contributed by atoms with Gasteiger partial charge in [0.1, 0.15) is 0 Å². The maximum atomic E-state index is 12.3. The van der Waals surface area contributed by atoms with E-state index in [9.17, 15) is 9.59 Å². The highest BCUT2D eigenvalue weighted by atomic mass is 35.5. The molecule has 5 nitrogen and oxygen atoms in total. The molecule has 0 aliphatic heterocycles. The number of aromatic nitrogens is 2. The summed E-state index contributed by atoms with van der Waals surface area (Å²) in [5.41, 5.74) is 2.15. The number of hydrogen-bond acceptors (Lipinski definition) is 4. The molecule has 0 radical (unpaired) electrons. The number of hydrogen-bond donors (Lipinski definition) is 2. The zero-order chi connectivity index (χ0) is 17.1. The van der Waals surface area contributed by atoms with Gasteiger partial charge in [-0.05, 0) is 44.7 Å². The normalized spacial score (nSPS) is 14.8. The van der Waals surface area contributed by atoms with E-state index in [1.807, 2.05) is 6.07 Å². The molecular formula is C17H18ClN3O2S. The number of carbonyl (C=O) groups excluding carboxylic acids is 1. The fourth-order valence-electron chi connectivity index (χ4n) is 2.65. The van der Waals surface area contributed by atoms with Crippen LogP contribution >= 0.6 is 23.4 Å². The fourth-order valence-corrected chi connectivity index (χ4v) is 3.65. The van der Waals surface area contributed by atoms with Crippen molar-refractivity contribution in [3.05, 3.63) is 50.9 Å². The molecule has 1 heterocycles. The first kappa shape index (κ1) is 17.0. The first-order valence-corrected chi connectivity index (χ1v) is 9.14. The van der Waals surface area contributed by atoms with Gasteiger partial charge in [-0.3, -0.25) is 9.59 Å². The van der Waals surface area contributed by atoms with Crippen LogP contribution in [-0.2, 0) is 17.6 Å². The highest BCUT2D eigenvalue weighted by molar-refractivity contribution is 8.00. The zero-order valence-electron chi connectivity index (χ0n) is 13.3. The number of benzene rings is 1. The smallest absolute Gasteiger partial charge is 0.254 e. The largest absolute Gasteiger partial charge is 0.324 e. The molecule has 0 bridgehead atoms. The van der Waals surface area contributed by atoms with Crippen molar-refractivity contribution in [3.8, 4) is 0 Å². The average Bonchev–Trinajstić information content (AvgIpc) is 2.57. The number of carbonyl (C=O) groups is 1. The van der Waals surface area contributed by atoms with Crippen LogP contribution in [0.4, 0.5) is 5.69 Å². The minimum Gasteiger partial charge on any atom is -0.324 e. The molecule has 1 atom stereocenters. The maximum Gasteiger partial charge on any atom is 0.254 e. The van der Waals surface area contributed by atoms with Gasteiger partial charge in [0.2, 0.25) is 5.91 Å². The topological polar surface area (TPSA) is 74.8 Å². The molecule has 2 aromatic rings. The average molecular weight is 364 g/mol. The van der Waals surface area contributed by atoms with Crippen LogP contribution in [0.3, 0.4) is 0 Å². The molecule has 3 rings (SSSR count). The number of nitrogens with one attached hydrogen (secondary N) is 2. The minimum absolute atomic E-state index is 0.0825. The van der Waals surface area contributed by atoms with Crippen LogP contribution in [0.2, 0.25) is 5.02 Å². The number of amides is 1. The molecule has 0 unspecified atom stereocenters. The lowest BCUT2D eigenvalue weighted by Gasteiger charge is -2.16. The van der Waals surface area contributed by atoms with E-state index in [0.29, 0.717) is 15.9 Å². The van der Waals surface area contributed by atoms with Crippen LogP contribution in [0, 0.1) is 0 Å². The number of H-pyrrole nitrogens is 1. The van der Waals surface area contributed by atoms with E-state index in [2.05, 4.69) is 15.3 Å². The summed E-state index contributed by atoms with van der Waals surface area (Å²) in [6.07, 6.45) is 3.69. The Kier molecular flexibility index (Phi) is 5.26. The van der Waals surface area contributed by atoms with E-state index in [1.165, 1.54) is 11.8 Å². The third-order valence-corrected chi connectivity index (χ3v) is 5.27. The number of halogens is 1. The number of aromatic amines is 1. The molecule has 0 saturated carbocycles. The molecular weight excluding hydrogens is 346 g/mol. The SMILES string of the molecule is C[C@@H](Sc1nc2c(c(=O)[nH]1)CCCC2)C(=O)Nc1ccccc1Cl. The van der Waals surface area contributed by atoms with Gasteiger partial charge in [-0.2, -0.15) is 0 Å². The highest BCUT2D eigenvalue weighted by Gasteiger charge is 2.20. The summed E-state index contributed by atoms with van der Waals surface area (Å²) in [7, 11) is 0. The standard InChI is InChI=1S/C17H18ClN3O2S/c1-10(15(22)19-14-9-5-3-7-12(14)18)24-17-20-13-8-4-2-6-11(13)16(23)21-17/h3,5,7,9-10H,2,4,6,8H2,1H3,(H,19,22)(H,20,21,23)/t10-/m1/s1. The molecule has 1 amide bonds. The Morgan fingerprint density at radius 2 is 2.08 bits per heavy atom. The fraction of sp³-hybridized carbons (Fsp3) is 0.353. The zero-order valence-corrected chi connectivity index (χ0v) is 14.8. The first-order valence-electron chi connectivity index (χ1n) is 7.88. The minimum atomic E-state index is -0.411. The first-order chi connectivity index (χ1) is 11.5. The quantitative estimate of drug-likeness (QED) is 0.644. The van der Waals surface area contributed by atoms with Gasteiger partial charge in [-0.15, -0.1) is 0 Å². The number of nitrogens with zero attached hydrogens (tertiary/aromatic N) is 1. The van der Waals surface area contributed by atoms with Crippen molar-refractivity contribution in [2.75, 3.05) is 5.32 Å². The molecule has 24 heavy (non-hydrogen) atoms. The van der Waals surface area contributed by atoms with Crippen LogP contribution in [0.5, 0.6) is 0 Å². The van der Waals surface area contributed by atoms with Crippen molar-refractivity contribution in [1.82, 2.24) is 9.97 Å². The van der Waals surface area contributed by atoms with Crippen LogP contribution in [0.25, 0.3) is 0 Å². The number of thioether (sulfide) groups is 1. The van der Waals surface area contributed by atoms with Crippen LogP contribution < -0.4 is 10.9 Å². The van der Waals surface area contributed by atoms with Gasteiger partial charge in [-0.25, -0.2) is 4.98 Å². The van der Waals surface area contributed by atoms with Crippen molar-refractivity contribution in [2.24, 2.45) is 0 Å². The third kappa shape index (κ3) is 3.82. The van der Waals surface area contributed by atoms with Crippen molar-refractivity contribution < 1.29 is 4.79 Å². The van der Waals surface area contributed by atoms with Crippen molar-refractivity contribution in [2.45, 2.75) is 43.0 Å². The van der Waals surface area contributed by atoms with Crippen LogP contribution in [0.15, 0.2) is 34.2 Å². The Morgan fingerprint density at radius 1 is 1.33 bits per heavy atom. The van der Waals surface area contributed by atoms with E-state index in [4.69, 9.17) is 11.6 Å². The Bertz CT molecular complexity index is 822. The molecule has 0 fully saturated rings. The van der Waals surface area contributed by atoms with Crippen LogP contribution in [0.1, 0.15) is 31.0 Å². The predicted octanol–water partition coefficient (Wildman–Crippen LogP) is 3.42. The third-order valence-electron chi connectivity index (χ3n) is 3.96. The van der Waals surface area contributed by atoms with Gasteiger partial charge in [0.05, 0.1) is 21.7 Å².